The normalized spacial score (nSPS) is 27.8. The molecule has 0 saturated heterocycles. The van der Waals surface area contributed by atoms with E-state index in [4.69, 9.17) is 4.74 Å². The maximum atomic E-state index is 12.4. The topological polar surface area (TPSA) is 38.3 Å². The number of hydrogen-bond acceptors (Lipinski definition) is 3. The Labute approximate surface area is 98.7 Å². The van der Waals surface area contributed by atoms with Gasteiger partial charge in [-0.05, 0) is 25.1 Å². The summed E-state index contributed by atoms with van der Waals surface area (Å²) in [7, 11) is 2.58. The van der Waals surface area contributed by atoms with Crippen LogP contribution in [0.5, 0.6) is 5.75 Å². The van der Waals surface area contributed by atoms with E-state index in [2.05, 4.69) is 12.2 Å². The molecule has 1 heterocycles. The van der Waals surface area contributed by atoms with Crippen LogP contribution in [0.3, 0.4) is 0 Å². The zero-order valence-corrected chi connectivity index (χ0v) is 10.6. The highest BCUT2D eigenvalue weighted by molar-refractivity contribution is 7.86. The molecule has 0 fully saturated rings. The minimum Gasteiger partial charge on any atom is -0.495 e. The highest BCUT2D eigenvalue weighted by Gasteiger charge is 2.38. The third kappa shape index (κ3) is 1.57. The van der Waals surface area contributed by atoms with Gasteiger partial charge >= 0.3 is 0 Å². The van der Waals surface area contributed by atoms with Crippen LogP contribution in [0.25, 0.3) is 0 Å². The molecule has 0 radical (unpaired) electrons. The summed E-state index contributed by atoms with van der Waals surface area (Å²) in [6.07, 6.45) is 0.899. The SMILES string of the molecule is CCC1C(NC)c2cccc(OC)c2S1=O. The van der Waals surface area contributed by atoms with E-state index in [0.29, 0.717) is 0 Å². The maximum Gasteiger partial charge on any atom is 0.135 e. The summed E-state index contributed by atoms with van der Waals surface area (Å²) in [6.45, 7) is 2.07. The van der Waals surface area contributed by atoms with E-state index in [1.807, 2.05) is 25.2 Å². The fraction of sp³-hybridized carbons (Fsp3) is 0.500. The fourth-order valence-corrected chi connectivity index (χ4v) is 4.27. The van der Waals surface area contributed by atoms with Crippen molar-refractivity contribution in [1.29, 1.82) is 0 Å². The van der Waals surface area contributed by atoms with Gasteiger partial charge in [-0.1, -0.05) is 19.1 Å². The first kappa shape index (κ1) is 11.6. The van der Waals surface area contributed by atoms with E-state index < -0.39 is 10.8 Å². The summed E-state index contributed by atoms with van der Waals surface area (Å²) in [5.41, 5.74) is 1.12. The van der Waals surface area contributed by atoms with Crippen LogP contribution in [0.2, 0.25) is 0 Å². The molecule has 0 aromatic heterocycles. The average molecular weight is 239 g/mol. The lowest BCUT2D eigenvalue weighted by Gasteiger charge is -2.16. The molecule has 0 saturated carbocycles. The van der Waals surface area contributed by atoms with E-state index in [-0.39, 0.29) is 11.3 Å². The van der Waals surface area contributed by atoms with Crippen molar-refractivity contribution in [2.45, 2.75) is 29.5 Å². The van der Waals surface area contributed by atoms with Crippen molar-refractivity contribution >= 4 is 10.8 Å². The quantitative estimate of drug-likeness (QED) is 0.875. The lowest BCUT2D eigenvalue weighted by Crippen LogP contribution is -2.26. The number of fused-ring (bicyclic) bond motifs is 1. The molecule has 1 aliphatic rings. The molecule has 1 aromatic rings. The van der Waals surface area contributed by atoms with Crippen molar-refractivity contribution in [2.24, 2.45) is 0 Å². The van der Waals surface area contributed by atoms with E-state index >= 15 is 0 Å². The first-order valence-corrected chi connectivity index (χ1v) is 6.70. The molecule has 2 rings (SSSR count). The van der Waals surface area contributed by atoms with Crippen molar-refractivity contribution in [3.05, 3.63) is 23.8 Å². The van der Waals surface area contributed by atoms with Gasteiger partial charge in [-0.3, -0.25) is 4.21 Å². The number of benzene rings is 1. The molecule has 0 amide bonds. The van der Waals surface area contributed by atoms with Crippen LogP contribution in [-0.4, -0.2) is 23.6 Å². The average Bonchev–Trinajstić information content (AvgIpc) is 2.61. The molecule has 16 heavy (non-hydrogen) atoms. The Kier molecular flexibility index (Phi) is 3.30. The lowest BCUT2D eigenvalue weighted by atomic mass is 10.0. The van der Waals surface area contributed by atoms with E-state index in [0.717, 1.165) is 22.6 Å². The van der Waals surface area contributed by atoms with Crippen molar-refractivity contribution in [2.75, 3.05) is 14.2 Å². The summed E-state index contributed by atoms with van der Waals surface area (Å²) in [4.78, 5) is 0.871. The van der Waals surface area contributed by atoms with Crippen molar-refractivity contribution in [1.82, 2.24) is 5.32 Å². The summed E-state index contributed by atoms with van der Waals surface area (Å²) >= 11 is 0. The van der Waals surface area contributed by atoms with Gasteiger partial charge in [0, 0.05) is 6.04 Å². The summed E-state index contributed by atoms with van der Waals surface area (Å²) in [5.74, 6) is 0.743. The maximum absolute atomic E-state index is 12.4. The Morgan fingerprint density at radius 1 is 1.50 bits per heavy atom. The number of hydrogen-bond donors (Lipinski definition) is 1. The van der Waals surface area contributed by atoms with Crippen LogP contribution >= 0.6 is 0 Å². The van der Waals surface area contributed by atoms with Crippen molar-refractivity contribution in [3.8, 4) is 5.75 Å². The van der Waals surface area contributed by atoms with Gasteiger partial charge in [0.25, 0.3) is 0 Å². The minimum absolute atomic E-state index is 0.149. The number of nitrogens with one attached hydrogen (secondary N) is 1. The zero-order valence-electron chi connectivity index (χ0n) is 9.82. The standard InChI is InChI=1S/C12H17NO2S/c1-4-10-11(13-2)8-6-5-7-9(15-3)12(8)16(10)14/h5-7,10-11,13H,4H2,1-3H3. The van der Waals surface area contributed by atoms with Crippen LogP contribution in [-0.2, 0) is 10.8 Å². The Balaban J connectivity index is 2.56. The number of methoxy groups -OCH3 is 1. The first-order chi connectivity index (χ1) is 7.74. The lowest BCUT2D eigenvalue weighted by molar-refractivity contribution is 0.403. The molecule has 4 heteroatoms. The van der Waals surface area contributed by atoms with Crippen LogP contribution in [0.4, 0.5) is 0 Å². The van der Waals surface area contributed by atoms with Gasteiger partial charge in [-0.25, -0.2) is 0 Å². The molecule has 88 valence electrons. The second-order valence-electron chi connectivity index (χ2n) is 3.89. The van der Waals surface area contributed by atoms with E-state index in [1.54, 1.807) is 7.11 Å². The Morgan fingerprint density at radius 3 is 2.81 bits per heavy atom. The highest BCUT2D eigenvalue weighted by atomic mass is 32.2. The number of rotatable bonds is 3. The van der Waals surface area contributed by atoms with Gasteiger partial charge in [0.15, 0.2) is 0 Å². The fourth-order valence-electron chi connectivity index (χ4n) is 2.36. The molecular formula is C12H17NO2S. The molecule has 0 spiro atoms. The van der Waals surface area contributed by atoms with Crippen molar-refractivity contribution in [3.63, 3.8) is 0 Å². The van der Waals surface area contributed by atoms with Gasteiger partial charge in [0.2, 0.25) is 0 Å². The number of ether oxygens (including phenoxy) is 1. The van der Waals surface area contributed by atoms with Crippen LogP contribution in [0.15, 0.2) is 23.1 Å². The molecule has 1 N–H and O–H groups in total. The summed E-state index contributed by atoms with van der Waals surface area (Å²) in [5, 5.41) is 3.40. The monoisotopic (exact) mass is 239 g/mol. The molecule has 0 aliphatic carbocycles. The zero-order chi connectivity index (χ0) is 11.7. The van der Waals surface area contributed by atoms with Gasteiger partial charge in [0.05, 0.1) is 28.1 Å². The van der Waals surface area contributed by atoms with E-state index in [9.17, 15) is 4.21 Å². The molecule has 3 atom stereocenters. The third-order valence-corrected chi connectivity index (χ3v) is 5.12. The molecular weight excluding hydrogens is 222 g/mol. The second-order valence-corrected chi connectivity index (χ2v) is 5.50. The summed E-state index contributed by atoms with van der Waals surface area (Å²) < 4.78 is 17.7. The Bertz CT molecular complexity index is 419. The van der Waals surface area contributed by atoms with Gasteiger partial charge in [0.1, 0.15) is 5.75 Å². The van der Waals surface area contributed by atoms with Gasteiger partial charge in [-0.2, -0.15) is 0 Å². The first-order valence-electron chi connectivity index (χ1n) is 5.49. The van der Waals surface area contributed by atoms with E-state index in [1.165, 1.54) is 0 Å². The molecule has 0 bridgehead atoms. The largest absolute Gasteiger partial charge is 0.495 e. The minimum atomic E-state index is -0.964. The summed E-state index contributed by atoms with van der Waals surface area (Å²) in [6, 6.07) is 6.04. The Morgan fingerprint density at radius 2 is 2.25 bits per heavy atom. The second kappa shape index (κ2) is 4.55. The molecule has 1 aliphatic heterocycles. The van der Waals surface area contributed by atoms with Gasteiger partial charge < -0.3 is 10.1 Å². The Hall–Kier alpha value is -0.870. The predicted molar refractivity (Wildman–Crippen MR) is 65.3 cm³/mol. The third-order valence-electron chi connectivity index (χ3n) is 3.13. The molecule has 3 unspecified atom stereocenters. The van der Waals surface area contributed by atoms with Crippen LogP contribution in [0, 0.1) is 0 Å². The highest BCUT2D eigenvalue weighted by Crippen LogP contribution is 2.42. The van der Waals surface area contributed by atoms with Gasteiger partial charge in [-0.15, -0.1) is 0 Å². The van der Waals surface area contributed by atoms with Crippen LogP contribution in [0.1, 0.15) is 24.9 Å². The van der Waals surface area contributed by atoms with Crippen molar-refractivity contribution < 1.29 is 8.95 Å². The smallest absolute Gasteiger partial charge is 0.135 e. The molecule has 3 nitrogen and oxygen atoms in total. The van der Waals surface area contributed by atoms with Crippen LogP contribution < -0.4 is 10.1 Å². The predicted octanol–water partition coefficient (Wildman–Crippen LogP) is 1.86. The molecule has 1 aromatic carbocycles.